The molecule has 0 aliphatic heterocycles. The molecule has 7 heteroatoms. The second-order valence-corrected chi connectivity index (χ2v) is 5.16. The quantitative estimate of drug-likeness (QED) is 0.797. The number of alkyl carbamates (subject to hydrolysis) is 1. The van der Waals surface area contributed by atoms with Crippen LogP contribution < -0.4 is 10.6 Å². The molecule has 0 radical (unpaired) electrons. The first-order valence-electron chi connectivity index (χ1n) is 7.40. The molecule has 2 aromatic rings. The van der Waals surface area contributed by atoms with Crippen molar-refractivity contribution in [1.82, 2.24) is 14.9 Å². The standard InChI is InChI=1S/C17H20N4O3/c1-4-11-24-17(23)20-15(16-18-9-10-21(16)3)13-5-7-14(8-6-13)19-12(2)22/h4-10,15H,1,11H2,2-3H3,(H,19,22)(H,20,23). The molecule has 7 nitrogen and oxygen atoms in total. The van der Waals surface area contributed by atoms with Crippen molar-refractivity contribution in [2.24, 2.45) is 7.05 Å². The first-order chi connectivity index (χ1) is 11.5. The molecule has 0 saturated heterocycles. The monoisotopic (exact) mass is 328 g/mol. The van der Waals surface area contributed by atoms with E-state index >= 15 is 0 Å². The van der Waals surface area contributed by atoms with Crippen molar-refractivity contribution in [3.05, 3.63) is 60.7 Å². The molecule has 24 heavy (non-hydrogen) atoms. The number of carbonyl (C=O) groups excluding carboxylic acids is 2. The van der Waals surface area contributed by atoms with Gasteiger partial charge in [-0.1, -0.05) is 24.8 Å². The van der Waals surface area contributed by atoms with Crippen LogP contribution in [0.2, 0.25) is 0 Å². The van der Waals surface area contributed by atoms with Gasteiger partial charge in [-0.2, -0.15) is 0 Å². The van der Waals surface area contributed by atoms with Crippen LogP contribution in [0.5, 0.6) is 0 Å². The number of nitrogens with one attached hydrogen (secondary N) is 2. The van der Waals surface area contributed by atoms with Crippen molar-refractivity contribution in [3.63, 3.8) is 0 Å². The summed E-state index contributed by atoms with van der Waals surface area (Å²) in [6.07, 6.45) is 4.39. The molecule has 0 saturated carbocycles. The summed E-state index contributed by atoms with van der Waals surface area (Å²) in [5.41, 5.74) is 1.49. The van der Waals surface area contributed by atoms with E-state index in [9.17, 15) is 9.59 Å². The lowest BCUT2D eigenvalue weighted by Crippen LogP contribution is -2.31. The average molecular weight is 328 g/mol. The highest BCUT2D eigenvalue weighted by Gasteiger charge is 2.21. The van der Waals surface area contributed by atoms with Crippen LogP contribution in [0, 0.1) is 0 Å². The molecule has 1 unspecified atom stereocenters. The third-order valence-electron chi connectivity index (χ3n) is 3.28. The van der Waals surface area contributed by atoms with Gasteiger partial charge < -0.3 is 19.9 Å². The molecular formula is C17H20N4O3. The highest BCUT2D eigenvalue weighted by atomic mass is 16.5. The maximum atomic E-state index is 11.9. The first-order valence-corrected chi connectivity index (χ1v) is 7.40. The van der Waals surface area contributed by atoms with E-state index in [2.05, 4.69) is 22.2 Å². The first kappa shape index (κ1) is 17.3. The van der Waals surface area contributed by atoms with Crippen molar-refractivity contribution in [2.45, 2.75) is 13.0 Å². The van der Waals surface area contributed by atoms with E-state index in [1.807, 2.05) is 23.7 Å². The topological polar surface area (TPSA) is 85.2 Å². The molecule has 1 heterocycles. The van der Waals surface area contributed by atoms with Crippen LogP contribution in [0.25, 0.3) is 0 Å². The van der Waals surface area contributed by atoms with E-state index in [-0.39, 0.29) is 12.5 Å². The van der Waals surface area contributed by atoms with Gasteiger partial charge in [0.2, 0.25) is 5.91 Å². The van der Waals surface area contributed by atoms with Gasteiger partial charge in [0.1, 0.15) is 18.5 Å². The smallest absolute Gasteiger partial charge is 0.408 e. The summed E-state index contributed by atoms with van der Waals surface area (Å²) in [6.45, 7) is 5.08. The molecule has 0 bridgehead atoms. The number of aryl methyl sites for hydroxylation is 1. The molecule has 1 atom stereocenters. The molecule has 0 spiro atoms. The number of aromatic nitrogens is 2. The van der Waals surface area contributed by atoms with Crippen LogP contribution in [0.4, 0.5) is 10.5 Å². The number of anilines is 1. The molecule has 0 fully saturated rings. The van der Waals surface area contributed by atoms with Gasteiger partial charge in [0.15, 0.2) is 0 Å². The Labute approximate surface area is 140 Å². The van der Waals surface area contributed by atoms with Gasteiger partial charge in [0, 0.05) is 32.1 Å². The van der Waals surface area contributed by atoms with Crippen molar-refractivity contribution in [3.8, 4) is 0 Å². The fourth-order valence-corrected chi connectivity index (χ4v) is 2.21. The third-order valence-corrected chi connectivity index (χ3v) is 3.28. The number of nitrogens with zero attached hydrogens (tertiary/aromatic N) is 2. The van der Waals surface area contributed by atoms with Crippen LogP contribution in [-0.4, -0.2) is 28.2 Å². The van der Waals surface area contributed by atoms with E-state index < -0.39 is 12.1 Å². The molecule has 1 aromatic heterocycles. The number of benzene rings is 1. The highest BCUT2D eigenvalue weighted by Crippen LogP contribution is 2.22. The molecule has 0 aliphatic carbocycles. The number of ether oxygens (including phenoxy) is 1. The third kappa shape index (κ3) is 4.45. The Morgan fingerprint density at radius 3 is 2.62 bits per heavy atom. The van der Waals surface area contributed by atoms with Crippen molar-refractivity contribution in [2.75, 3.05) is 11.9 Å². The maximum Gasteiger partial charge on any atom is 0.408 e. The molecule has 2 rings (SSSR count). The van der Waals surface area contributed by atoms with E-state index in [1.165, 1.54) is 13.0 Å². The normalized spacial score (nSPS) is 11.4. The minimum atomic E-state index is -0.561. The number of hydrogen-bond acceptors (Lipinski definition) is 4. The minimum Gasteiger partial charge on any atom is -0.445 e. The van der Waals surface area contributed by atoms with Crippen molar-refractivity contribution >= 4 is 17.7 Å². The van der Waals surface area contributed by atoms with Crippen molar-refractivity contribution in [1.29, 1.82) is 0 Å². The number of hydrogen-bond donors (Lipinski definition) is 2. The summed E-state index contributed by atoms with van der Waals surface area (Å²) in [6, 6.07) is 6.69. The van der Waals surface area contributed by atoms with Gasteiger partial charge in [-0.25, -0.2) is 9.78 Å². The van der Waals surface area contributed by atoms with Crippen LogP contribution in [-0.2, 0) is 16.6 Å². The van der Waals surface area contributed by atoms with E-state index in [0.717, 1.165) is 5.56 Å². The second kappa shape index (κ2) is 7.96. The minimum absolute atomic E-state index is 0.126. The summed E-state index contributed by atoms with van der Waals surface area (Å²) in [4.78, 5) is 27.3. The molecule has 126 valence electrons. The summed E-state index contributed by atoms with van der Waals surface area (Å²) < 4.78 is 6.81. The Morgan fingerprint density at radius 1 is 1.38 bits per heavy atom. The predicted octanol–water partition coefficient (Wildman–Crippen LogP) is 2.38. The summed E-state index contributed by atoms with van der Waals surface area (Å²) in [7, 11) is 1.85. The molecule has 1 aromatic carbocycles. The lowest BCUT2D eigenvalue weighted by molar-refractivity contribution is -0.114. The SMILES string of the molecule is C=CCOC(=O)NC(c1ccc(NC(C)=O)cc1)c1nccn1C. The zero-order valence-electron chi connectivity index (χ0n) is 13.7. The van der Waals surface area contributed by atoms with Gasteiger partial charge >= 0.3 is 6.09 Å². The molecule has 2 N–H and O–H groups in total. The Kier molecular flexibility index (Phi) is 5.73. The molecular weight excluding hydrogens is 308 g/mol. The Balaban J connectivity index is 2.25. The number of rotatable bonds is 6. The fraction of sp³-hybridized carbons (Fsp3) is 0.235. The summed E-state index contributed by atoms with van der Waals surface area (Å²) in [5.74, 6) is 0.521. The average Bonchev–Trinajstić information content (AvgIpc) is 2.97. The number of imidazole rings is 1. The zero-order chi connectivity index (χ0) is 17.5. The van der Waals surface area contributed by atoms with Gasteiger partial charge in [0.05, 0.1) is 0 Å². The number of carbonyl (C=O) groups is 2. The Bertz CT molecular complexity index is 722. The maximum absolute atomic E-state index is 11.9. The lowest BCUT2D eigenvalue weighted by Gasteiger charge is -2.19. The fourth-order valence-electron chi connectivity index (χ4n) is 2.21. The zero-order valence-corrected chi connectivity index (χ0v) is 13.7. The lowest BCUT2D eigenvalue weighted by atomic mass is 10.1. The van der Waals surface area contributed by atoms with Crippen LogP contribution >= 0.6 is 0 Å². The van der Waals surface area contributed by atoms with Gasteiger partial charge in [-0.3, -0.25) is 4.79 Å². The van der Waals surface area contributed by atoms with Crippen molar-refractivity contribution < 1.29 is 14.3 Å². The van der Waals surface area contributed by atoms with Gasteiger partial charge in [-0.15, -0.1) is 0 Å². The highest BCUT2D eigenvalue weighted by molar-refractivity contribution is 5.88. The van der Waals surface area contributed by atoms with E-state index in [4.69, 9.17) is 4.74 Å². The number of amides is 2. The summed E-state index contributed by atoms with van der Waals surface area (Å²) >= 11 is 0. The Hall–Kier alpha value is -3.09. The largest absolute Gasteiger partial charge is 0.445 e. The van der Waals surface area contributed by atoms with Gasteiger partial charge in [0.25, 0.3) is 0 Å². The van der Waals surface area contributed by atoms with Crippen LogP contribution in [0.3, 0.4) is 0 Å². The molecule has 0 aliphatic rings. The summed E-state index contributed by atoms with van der Waals surface area (Å²) in [5, 5.41) is 5.49. The Morgan fingerprint density at radius 2 is 2.08 bits per heavy atom. The van der Waals surface area contributed by atoms with Crippen LogP contribution in [0.15, 0.2) is 49.3 Å². The predicted molar refractivity (Wildman–Crippen MR) is 90.5 cm³/mol. The van der Waals surface area contributed by atoms with E-state index in [0.29, 0.717) is 11.5 Å². The second-order valence-electron chi connectivity index (χ2n) is 5.16. The molecule has 2 amide bonds. The van der Waals surface area contributed by atoms with Gasteiger partial charge in [-0.05, 0) is 17.7 Å². The van der Waals surface area contributed by atoms with E-state index in [1.54, 1.807) is 24.5 Å². The van der Waals surface area contributed by atoms with Crippen LogP contribution in [0.1, 0.15) is 24.4 Å².